The molecule has 6 heteroatoms. The summed E-state index contributed by atoms with van der Waals surface area (Å²) in [5.74, 6) is 0.591. The molecule has 1 atom stereocenters. The Morgan fingerprint density at radius 1 is 1.07 bits per heavy atom. The predicted molar refractivity (Wildman–Crippen MR) is 114 cm³/mol. The first kappa shape index (κ1) is 22.2. The van der Waals surface area contributed by atoms with Gasteiger partial charge in [0.1, 0.15) is 24.3 Å². The predicted octanol–water partition coefficient (Wildman–Crippen LogP) is 3.54. The van der Waals surface area contributed by atoms with E-state index < -0.39 is 6.10 Å². The first-order valence-electron chi connectivity index (χ1n) is 9.38. The molecular formula is C22H28ClFN2O2. The Bertz CT molecular complexity index is 734. The summed E-state index contributed by atoms with van der Waals surface area (Å²) in [5.41, 5.74) is 2.12. The minimum Gasteiger partial charge on any atom is -0.491 e. The summed E-state index contributed by atoms with van der Waals surface area (Å²) in [6.07, 6.45) is 2.05. The van der Waals surface area contributed by atoms with E-state index in [-0.39, 0.29) is 24.8 Å². The maximum absolute atomic E-state index is 13.1. The Hall–Kier alpha value is -2.08. The van der Waals surface area contributed by atoms with Crippen LogP contribution in [0.15, 0.2) is 61.2 Å². The fraction of sp³-hybridized carbons (Fsp3) is 0.364. The Labute approximate surface area is 172 Å². The summed E-state index contributed by atoms with van der Waals surface area (Å²) in [7, 11) is 0. The van der Waals surface area contributed by atoms with Crippen molar-refractivity contribution in [1.82, 2.24) is 4.90 Å². The molecule has 152 valence electrons. The van der Waals surface area contributed by atoms with Crippen LogP contribution < -0.4 is 9.64 Å². The van der Waals surface area contributed by atoms with Crippen molar-refractivity contribution in [1.29, 1.82) is 0 Å². The molecule has 1 aliphatic rings. The van der Waals surface area contributed by atoms with Gasteiger partial charge in [0.05, 0.1) is 0 Å². The number of anilines is 1. The van der Waals surface area contributed by atoms with Gasteiger partial charge in [0.25, 0.3) is 0 Å². The van der Waals surface area contributed by atoms with Crippen molar-refractivity contribution >= 4 is 18.1 Å². The number of hydrogen-bond acceptors (Lipinski definition) is 4. The smallest absolute Gasteiger partial charge is 0.123 e. The molecule has 4 nitrogen and oxygen atoms in total. The van der Waals surface area contributed by atoms with E-state index in [1.807, 2.05) is 42.5 Å². The van der Waals surface area contributed by atoms with E-state index in [9.17, 15) is 9.50 Å². The van der Waals surface area contributed by atoms with Crippen molar-refractivity contribution in [3.8, 4) is 5.75 Å². The lowest BCUT2D eigenvalue weighted by Crippen LogP contribution is -2.49. The lowest BCUT2D eigenvalue weighted by atomic mass is 10.1. The topological polar surface area (TPSA) is 35.9 Å². The van der Waals surface area contributed by atoms with Crippen molar-refractivity contribution in [2.24, 2.45) is 0 Å². The number of halogens is 2. The highest BCUT2D eigenvalue weighted by molar-refractivity contribution is 5.85. The van der Waals surface area contributed by atoms with Gasteiger partial charge in [0.2, 0.25) is 0 Å². The average Bonchev–Trinajstić information content (AvgIpc) is 2.69. The van der Waals surface area contributed by atoms with Gasteiger partial charge in [0, 0.05) is 38.4 Å². The third-order valence-electron chi connectivity index (χ3n) is 4.80. The van der Waals surface area contributed by atoms with Crippen LogP contribution in [-0.4, -0.2) is 55.4 Å². The standard InChI is InChI=1S/C22H27FN2O2.ClH/c1-2-5-18-6-3-4-7-22(18)27-17-21(26)16-24-12-14-25(15-13-24)20-10-8-19(23)9-11-20;/h2-4,6-11,21,26H,1,5,12-17H2;1H. The molecule has 1 aliphatic heterocycles. The fourth-order valence-electron chi connectivity index (χ4n) is 3.35. The van der Waals surface area contributed by atoms with Crippen molar-refractivity contribution in [2.75, 3.05) is 44.2 Å². The monoisotopic (exact) mass is 406 g/mol. The van der Waals surface area contributed by atoms with E-state index in [0.717, 1.165) is 49.6 Å². The summed E-state index contributed by atoms with van der Waals surface area (Å²) in [6, 6.07) is 14.5. The van der Waals surface area contributed by atoms with Gasteiger partial charge in [-0.25, -0.2) is 4.39 Å². The second-order valence-electron chi connectivity index (χ2n) is 6.83. The molecule has 1 N–H and O–H groups in total. The van der Waals surface area contributed by atoms with Crippen LogP contribution in [0.5, 0.6) is 5.75 Å². The van der Waals surface area contributed by atoms with Gasteiger partial charge < -0.3 is 14.7 Å². The lowest BCUT2D eigenvalue weighted by Gasteiger charge is -2.36. The van der Waals surface area contributed by atoms with Gasteiger partial charge in [-0.15, -0.1) is 19.0 Å². The van der Waals surface area contributed by atoms with E-state index in [4.69, 9.17) is 4.74 Å². The SMILES string of the molecule is C=CCc1ccccc1OCC(O)CN1CCN(c2ccc(F)cc2)CC1.Cl. The number of para-hydroxylation sites is 1. The quantitative estimate of drug-likeness (QED) is 0.680. The van der Waals surface area contributed by atoms with Gasteiger partial charge >= 0.3 is 0 Å². The first-order valence-corrected chi connectivity index (χ1v) is 9.38. The highest BCUT2D eigenvalue weighted by Gasteiger charge is 2.20. The molecule has 28 heavy (non-hydrogen) atoms. The van der Waals surface area contributed by atoms with E-state index in [0.29, 0.717) is 6.54 Å². The van der Waals surface area contributed by atoms with Crippen LogP contribution in [-0.2, 0) is 6.42 Å². The van der Waals surface area contributed by atoms with Crippen LogP contribution in [0.2, 0.25) is 0 Å². The summed E-state index contributed by atoms with van der Waals surface area (Å²) in [4.78, 5) is 4.48. The third-order valence-corrected chi connectivity index (χ3v) is 4.80. The fourth-order valence-corrected chi connectivity index (χ4v) is 3.35. The zero-order valence-corrected chi connectivity index (χ0v) is 16.8. The number of aliphatic hydroxyl groups excluding tert-OH is 1. The molecule has 1 heterocycles. The summed E-state index contributed by atoms with van der Waals surface area (Å²) >= 11 is 0. The second-order valence-corrected chi connectivity index (χ2v) is 6.83. The molecule has 2 aromatic rings. The highest BCUT2D eigenvalue weighted by atomic mass is 35.5. The van der Waals surface area contributed by atoms with Gasteiger partial charge in [0.15, 0.2) is 0 Å². The number of nitrogens with zero attached hydrogens (tertiary/aromatic N) is 2. The van der Waals surface area contributed by atoms with Gasteiger partial charge in [-0.2, -0.15) is 0 Å². The minimum atomic E-state index is -0.542. The number of piperazine rings is 1. The van der Waals surface area contributed by atoms with Crippen LogP contribution in [0.3, 0.4) is 0 Å². The van der Waals surface area contributed by atoms with Crippen LogP contribution in [0, 0.1) is 5.82 Å². The maximum atomic E-state index is 13.1. The molecule has 0 amide bonds. The largest absolute Gasteiger partial charge is 0.491 e. The third kappa shape index (κ3) is 6.23. The van der Waals surface area contributed by atoms with Crippen molar-refractivity contribution in [3.63, 3.8) is 0 Å². The summed E-state index contributed by atoms with van der Waals surface area (Å²) in [6.45, 7) is 8.07. The van der Waals surface area contributed by atoms with Crippen molar-refractivity contribution in [3.05, 3.63) is 72.6 Å². The van der Waals surface area contributed by atoms with Gasteiger partial charge in [-0.3, -0.25) is 4.90 Å². The Morgan fingerprint density at radius 3 is 2.43 bits per heavy atom. The van der Waals surface area contributed by atoms with Crippen LogP contribution >= 0.6 is 12.4 Å². The normalized spacial score (nSPS) is 15.6. The maximum Gasteiger partial charge on any atom is 0.123 e. The van der Waals surface area contributed by atoms with Crippen molar-refractivity contribution < 1.29 is 14.2 Å². The van der Waals surface area contributed by atoms with Gasteiger partial charge in [-0.1, -0.05) is 24.3 Å². The Morgan fingerprint density at radius 2 is 1.75 bits per heavy atom. The van der Waals surface area contributed by atoms with E-state index >= 15 is 0 Å². The number of β-amino-alcohol motifs (C(OH)–C–C–N with tert-alkyl or cyclic N) is 1. The minimum absolute atomic E-state index is 0. The molecule has 0 aromatic heterocycles. The van der Waals surface area contributed by atoms with Crippen molar-refractivity contribution in [2.45, 2.75) is 12.5 Å². The molecule has 0 bridgehead atoms. The van der Waals surface area contributed by atoms with Crippen LogP contribution in [0.25, 0.3) is 0 Å². The molecule has 0 aliphatic carbocycles. The molecule has 0 spiro atoms. The lowest BCUT2D eigenvalue weighted by molar-refractivity contribution is 0.0660. The van der Waals surface area contributed by atoms with Crippen LogP contribution in [0.1, 0.15) is 5.56 Å². The van der Waals surface area contributed by atoms with Crippen LogP contribution in [0.4, 0.5) is 10.1 Å². The van der Waals surface area contributed by atoms with Gasteiger partial charge in [-0.05, 0) is 42.3 Å². The summed E-state index contributed by atoms with van der Waals surface area (Å²) < 4.78 is 18.9. The number of benzene rings is 2. The number of allylic oxidation sites excluding steroid dienone is 1. The average molecular weight is 407 g/mol. The van der Waals surface area contributed by atoms with E-state index in [1.165, 1.54) is 12.1 Å². The molecule has 1 fully saturated rings. The van der Waals surface area contributed by atoms with E-state index in [2.05, 4.69) is 16.4 Å². The number of aliphatic hydroxyl groups is 1. The summed E-state index contributed by atoms with van der Waals surface area (Å²) in [5, 5.41) is 10.4. The molecule has 1 saturated heterocycles. The highest BCUT2D eigenvalue weighted by Crippen LogP contribution is 2.20. The zero-order chi connectivity index (χ0) is 19.1. The first-order chi connectivity index (χ1) is 13.2. The molecule has 1 unspecified atom stereocenters. The molecular weight excluding hydrogens is 379 g/mol. The molecule has 2 aromatic carbocycles. The number of ether oxygens (including phenoxy) is 1. The molecule has 3 rings (SSSR count). The zero-order valence-electron chi connectivity index (χ0n) is 16.0. The second kappa shape index (κ2) is 11.1. The number of rotatable bonds is 8. The van der Waals surface area contributed by atoms with E-state index in [1.54, 1.807) is 0 Å². The Kier molecular flexibility index (Phi) is 8.77. The molecule has 0 saturated carbocycles. The molecule has 0 radical (unpaired) electrons. The number of hydrogen-bond donors (Lipinski definition) is 1. The Balaban J connectivity index is 0.00000280.